The normalized spacial score (nSPS) is 10.7. The lowest BCUT2D eigenvalue weighted by atomic mass is 10.3. The Hall–Kier alpha value is -2.50. The lowest BCUT2D eigenvalue weighted by Gasteiger charge is -2.04. The van der Waals surface area contributed by atoms with Crippen LogP contribution in [0.4, 0.5) is 0 Å². The number of rotatable bonds is 3. The standard InChI is InChI=1S/C12H11N5O/c1-2-18-10-5-3-9(4-6-10)17-12-11(15-16-17)7-13-8-14-12/h3-8H,2H2,1H3. The first-order valence-electron chi connectivity index (χ1n) is 5.63. The summed E-state index contributed by atoms with van der Waals surface area (Å²) in [7, 11) is 0. The molecule has 0 saturated carbocycles. The third kappa shape index (κ3) is 1.77. The van der Waals surface area contributed by atoms with Crippen LogP contribution in [-0.2, 0) is 0 Å². The van der Waals surface area contributed by atoms with Gasteiger partial charge in [-0.3, -0.25) is 0 Å². The van der Waals surface area contributed by atoms with Gasteiger partial charge < -0.3 is 4.74 Å². The highest BCUT2D eigenvalue weighted by atomic mass is 16.5. The monoisotopic (exact) mass is 241 g/mol. The molecule has 0 spiro atoms. The fraction of sp³-hybridized carbons (Fsp3) is 0.167. The summed E-state index contributed by atoms with van der Waals surface area (Å²) in [6.45, 7) is 2.61. The van der Waals surface area contributed by atoms with E-state index in [0.29, 0.717) is 17.8 Å². The zero-order valence-corrected chi connectivity index (χ0v) is 9.82. The molecule has 3 rings (SSSR count). The second-order valence-corrected chi connectivity index (χ2v) is 3.66. The first kappa shape index (κ1) is 10.6. The fourth-order valence-corrected chi connectivity index (χ4v) is 1.71. The predicted octanol–water partition coefficient (Wildman–Crippen LogP) is 1.61. The van der Waals surface area contributed by atoms with E-state index in [9.17, 15) is 0 Å². The first-order valence-corrected chi connectivity index (χ1v) is 5.63. The van der Waals surface area contributed by atoms with E-state index in [1.165, 1.54) is 6.33 Å². The molecule has 0 aliphatic carbocycles. The Morgan fingerprint density at radius 1 is 1.22 bits per heavy atom. The van der Waals surface area contributed by atoms with Gasteiger partial charge >= 0.3 is 0 Å². The van der Waals surface area contributed by atoms with Crippen LogP contribution in [0.2, 0.25) is 0 Å². The van der Waals surface area contributed by atoms with Crippen molar-refractivity contribution in [3.8, 4) is 11.4 Å². The molecule has 6 heteroatoms. The van der Waals surface area contributed by atoms with Crippen LogP contribution in [0.25, 0.3) is 16.9 Å². The third-order valence-electron chi connectivity index (χ3n) is 2.51. The van der Waals surface area contributed by atoms with Gasteiger partial charge in [0.05, 0.1) is 18.5 Å². The number of aromatic nitrogens is 5. The molecule has 0 aliphatic rings. The Bertz CT molecular complexity index is 662. The fourth-order valence-electron chi connectivity index (χ4n) is 1.71. The summed E-state index contributed by atoms with van der Waals surface area (Å²) in [5.74, 6) is 0.834. The summed E-state index contributed by atoms with van der Waals surface area (Å²) >= 11 is 0. The van der Waals surface area contributed by atoms with Gasteiger partial charge in [-0.05, 0) is 31.2 Å². The molecular weight excluding hydrogens is 230 g/mol. The average Bonchev–Trinajstić information content (AvgIpc) is 2.84. The van der Waals surface area contributed by atoms with Crippen LogP contribution in [0.5, 0.6) is 5.75 Å². The Morgan fingerprint density at radius 2 is 2.06 bits per heavy atom. The van der Waals surface area contributed by atoms with Gasteiger partial charge in [-0.25, -0.2) is 9.97 Å². The molecule has 0 N–H and O–H groups in total. The van der Waals surface area contributed by atoms with Crippen molar-refractivity contribution in [1.29, 1.82) is 0 Å². The topological polar surface area (TPSA) is 65.7 Å². The molecule has 90 valence electrons. The van der Waals surface area contributed by atoms with E-state index >= 15 is 0 Å². The molecule has 0 aliphatic heterocycles. The summed E-state index contributed by atoms with van der Waals surface area (Å²) in [6, 6.07) is 7.63. The van der Waals surface area contributed by atoms with Gasteiger partial charge in [0.25, 0.3) is 0 Å². The van der Waals surface area contributed by atoms with Crippen LogP contribution < -0.4 is 4.74 Å². The maximum Gasteiger partial charge on any atom is 0.186 e. The Labute approximate surface area is 103 Å². The number of benzene rings is 1. The zero-order valence-electron chi connectivity index (χ0n) is 9.82. The van der Waals surface area contributed by atoms with Crippen molar-refractivity contribution >= 4 is 11.2 Å². The molecule has 0 bridgehead atoms. The van der Waals surface area contributed by atoms with Gasteiger partial charge in [0.2, 0.25) is 0 Å². The molecular formula is C12H11N5O. The van der Waals surface area contributed by atoms with E-state index in [1.807, 2.05) is 31.2 Å². The van der Waals surface area contributed by atoms with E-state index in [-0.39, 0.29) is 0 Å². The molecule has 2 aromatic heterocycles. The third-order valence-corrected chi connectivity index (χ3v) is 2.51. The molecule has 1 aromatic carbocycles. The van der Waals surface area contributed by atoms with Crippen molar-refractivity contribution in [2.75, 3.05) is 6.61 Å². The molecule has 0 amide bonds. The lowest BCUT2D eigenvalue weighted by Crippen LogP contribution is -1.98. The van der Waals surface area contributed by atoms with Crippen molar-refractivity contribution in [1.82, 2.24) is 25.0 Å². The highest BCUT2D eigenvalue weighted by Gasteiger charge is 2.07. The van der Waals surface area contributed by atoms with Crippen molar-refractivity contribution in [2.45, 2.75) is 6.92 Å². The molecule has 0 saturated heterocycles. The molecule has 0 unspecified atom stereocenters. The van der Waals surface area contributed by atoms with E-state index < -0.39 is 0 Å². The highest BCUT2D eigenvalue weighted by Crippen LogP contribution is 2.17. The number of hydrogen-bond acceptors (Lipinski definition) is 5. The van der Waals surface area contributed by atoms with Gasteiger partial charge in [0.15, 0.2) is 11.2 Å². The molecule has 2 heterocycles. The molecule has 3 aromatic rings. The second-order valence-electron chi connectivity index (χ2n) is 3.66. The van der Waals surface area contributed by atoms with Crippen LogP contribution in [0.3, 0.4) is 0 Å². The predicted molar refractivity (Wildman–Crippen MR) is 65.6 cm³/mol. The van der Waals surface area contributed by atoms with Crippen LogP contribution >= 0.6 is 0 Å². The van der Waals surface area contributed by atoms with Gasteiger partial charge in [-0.1, -0.05) is 5.21 Å². The minimum atomic E-state index is 0.652. The van der Waals surface area contributed by atoms with E-state index in [2.05, 4.69) is 20.3 Å². The van der Waals surface area contributed by atoms with Crippen LogP contribution in [0.15, 0.2) is 36.8 Å². The number of ether oxygens (including phenoxy) is 1. The number of nitrogens with zero attached hydrogens (tertiary/aromatic N) is 5. The molecule has 0 fully saturated rings. The Morgan fingerprint density at radius 3 is 2.83 bits per heavy atom. The Balaban J connectivity index is 2.03. The minimum Gasteiger partial charge on any atom is -0.494 e. The van der Waals surface area contributed by atoms with E-state index in [4.69, 9.17) is 4.74 Å². The number of hydrogen-bond donors (Lipinski definition) is 0. The quantitative estimate of drug-likeness (QED) is 0.697. The minimum absolute atomic E-state index is 0.652. The van der Waals surface area contributed by atoms with Crippen molar-refractivity contribution in [2.24, 2.45) is 0 Å². The van der Waals surface area contributed by atoms with Crippen LogP contribution in [0.1, 0.15) is 6.92 Å². The molecule has 0 atom stereocenters. The summed E-state index contributed by atoms with van der Waals surface area (Å²) in [6.07, 6.45) is 3.12. The zero-order chi connectivity index (χ0) is 12.4. The highest BCUT2D eigenvalue weighted by molar-refractivity contribution is 5.70. The maximum atomic E-state index is 5.39. The molecule has 0 radical (unpaired) electrons. The SMILES string of the molecule is CCOc1ccc(-n2nnc3cncnc32)cc1. The van der Waals surface area contributed by atoms with E-state index in [1.54, 1.807) is 10.9 Å². The average molecular weight is 241 g/mol. The summed E-state index contributed by atoms with van der Waals surface area (Å²) < 4.78 is 7.07. The van der Waals surface area contributed by atoms with Crippen molar-refractivity contribution in [3.63, 3.8) is 0 Å². The number of fused-ring (bicyclic) bond motifs is 1. The van der Waals surface area contributed by atoms with Crippen LogP contribution in [-0.4, -0.2) is 31.6 Å². The van der Waals surface area contributed by atoms with Gasteiger partial charge in [-0.2, -0.15) is 4.68 Å². The van der Waals surface area contributed by atoms with Gasteiger partial charge in [-0.15, -0.1) is 5.10 Å². The summed E-state index contributed by atoms with van der Waals surface area (Å²) in [4.78, 5) is 8.08. The maximum absolute atomic E-state index is 5.39. The Kier molecular flexibility index (Phi) is 2.60. The molecule has 6 nitrogen and oxygen atoms in total. The first-order chi connectivity index (χ1) is 8.88. The summed E-state index contributed by atoms with van der Waals surface area (Å²) in [5, 5.41) is 8.08. The lowest BCUT2D eigenvalue weighted by molar-refractivity contribution is 0.340. The molecule has 18 heavy (non-hydrogen) atoms. The van der Waals surface area contributed by atoms with E-state index in [0.717, 1.165) is 11.4 Å². The van der Waals surface area contributed by atoms with Crippen LogP contribution in [0, 0.1) is 0 Å². The largest absolute Gasteiger partial charge is 0.494 e. The van der Waals surface area contributed by atoms with Gasteiger partial charge in [0.1, 0.15) is 12.1 Å². The van der Waals surface area contributed by atoms with Crippen molar-refractivity contribution < 1.29 is 4.74 Å². The van der Waals surface area contributed by atoms with Crippen molar-refractivity contribution in [3.05, 3.63) is 36.8 Å². The van der Waals surface area contributed by atoms with Gasteiger partial charge in [0, 0.05) is 0 Å². The second kappa shape index (κ2) is 4.40. The summed E-state index contributed by atoms with van der Waals surface area (Å²) in [5.41, 5.74) is 2.25. The smallest absolute Gasteiger partial charge is 0.186 e.